The Bertz CT molecular complexity index is 1030. The molecule has 0 bridgehead atoms. The van der Waals surface area contributed by atoms with Crippen LogP contribution >= 0.6 is 0 Å². The van der Waals surface area contributed by atoms with Gasteiger partial charge in [-0.2, -0.15) is 5.26 Å². The molecule has 0 saturated heterocycles. The number of ether oxygens (including phenoxy) is 4. The number of hydrogen-bond donors (Lipinski definition) is 1. The second-order valence-corrected chi connectivity index (χ2v) is 5.80. The summed E-state index contributed by atoms with van der Waals surface area (Å²) in [4.78, 5) is 12.6. The minimum atomic E-state index is -0.842. The number of nitrogens with zero attached hydrogens (tertiary/aromatic N) is 1. The van der Waals surface area contributed by atoms with Crippen molar-refractivity contribution in [3.63, 3.8) is 0 Å². The minimum Gasteiger partial charge on any atom is -0.496 e. The Balaban J connectivity index is 2.37. The van der Waals surface area contributed by atoms with E-state index in [2.05, 4.69) is 0 Å². The highest BCUT2D eigenvalue weighted by Crippen LogP contribution is 2.46. The van der Waals surface area contributed by atoms with Crippen LogP contribution < -0.4 is 30.3 Å². The normalized spacial score (nSPS) is 15.4. The van der Waals surface area contributed by atoms with E-state index in [4.69, 9.17) is 29.1 Å². The summed E-state index contributed by atoms with van der Waals surface area (Å²) in [6.07, 6.45) is 0. The molecule has 1 aliphatic heterocycles. The first-order valence-corrected chi connectivity index (χ1v) is 7.97. The average molecular weight is 370 g/mol. The van der Waals surface area contributed by atoms with Gasteiger partial charge in [0.1, 0.15) is 28.9 Å². The van der Waals surface area contributed by atoms with Crippen LogP contribution in [-0.4, -0.2) is 21.3 Å². The van der Waals surface area contributed by atoms with Crippen molar-refractivity contribution in [1.29, 1.82) is 5.26 Å². The van der Waals surface area contributed by atoms with Gasteiger partial charge in [-0.3, -0.25) is 0 Å². The lowest BCUT2D eigenvalue weighted by molar-refractivity contribution is 0.345. The largest absolute Gasteiger partial charge is 0.496 e. The summed E-state index contributed by atoms with van der Waals surface area (Å²) < 4.78 is 26.8. The Labute approximate surface area is 155 Å². The Kier molecular flexibility index (Phi) is 4.69. The van der Waals surface area contributed by atoms with E-state index in [1.165, 1.54) is 21.3 Å². The van der Waals surface area contributed by atoms with Gasteiger partial charge >= 0.3 is 5.63 Å². The lowest BCUT2D eigenvalue weighted by atomic mass is 9.83. The van der Waals surface area contributed by atoms with E-state index >= 15 is 0 Å². The molecule has 1 aromatic heterocycles. The highest BCUT2D eigenvalue weighted by molar-refractivity contribution is 5.61. The number of benzene rings is 1. The zero-order chi connectivity index (χ0) is 19.7. The zero-order valence-electron chi connectivity index (χ0n) is 15.3. The quantitative estimate of drug-likeness (QED) is 0.870. The second-order valence-electron chi connectivity index (χ2n) is 5.80. The summed E-state index contributed by atoms with van der Waals surface area (Å²) in [5.74, 6) is 0.922. The fourth-order valence-corrected chi connectivity index (χ4v) is 3.11. The smallest absolute Gasteiger partial charge is 0.343 e. The van der Waals surface area contributed by atoms with Crippen molar-refractivity contribution in [2.24, 2.45) is 5.73 Å². The van der Waals surface area contributed by atoms with Crippen LogP contribution in [0.5, 0.6) is 23.0 Å². The van der Waals surface area contributed by atoms with Gasteiger partial charge in [0.25, 0.3) is 0 Å². The van der Waals surface area contributed by atoms with Crippen molar-refractivity contribution in [1.82, 2.24) is 0 Å². The van der Waals surface area contributed by atoms with Crippen molar-refractivity contribution in [3.8, 4) is 29.1 Å². The van der Waals surface area contributed by atoms with Crippen LogP contribution in [0, 0.1) is 18.3 Å². The monoisotopic (exact) mass is 370 g/mol. The molecule has 140 valence electrons. The molecule has 0 spiro atoms. The highest BCUT2D eigenvalue weighted by atomic mass is 16.5. The lowest BCUT2D eigenvalue weighted by Crippen LogP contribution is -2.26. The molecule has 3 rings (SSSR count). The first kappa shape index (κ1) is 18.2. The molecule has 0 aliphatic carbocycles. The summed E-state index contributed by atoms with van der Waals surface area (Å²) in [5.41, 5.74) is 6.07. The minimum absolute atomic E-state index is 0.0733. The molecule has 2 N–H and O–H groups in total. The van der Waals surface area contributed by atoms with Crippen molar-refractivity contribution in [3.05, 3.63) is 57.0 Å². The van der Waals surface area contributed by atoms with E-state index in [9.17, 15) is 10.1 Å². The SMILES string of the molecule is COc1cc(OC)c([C@@H]2C(C#N)=C(N)Oc3cc(C)oc(=O)c32)cc1OC. The van der Waals surface area contributed by atoms with Crippen LogP contribution in [0.3, 0.4) is 0 Å². The Morgan fingerprint density at radius 3 is 2.30 bits per heavy atom. The van der Waals surface area contributed by atoms with Gasteiger partial charge in [-0.1, -0.05) is 0 Å². The number of nitrogens with two attached hydrogens (primary N) is 1. The Morgan fingerprint density at radius 2 is 1.70 bits per heavy atom. The first-order chi connectivity index (χ1) is 12.9. The van der Waals surface area contributed by atoms with E-state index < -0.39 is 11.5 Å². The summed E-state index contributed by atoms with van der Waals surface area (Å²) in [7, 11) is 4.46. The molecule has 2 aromatic rings. The van der Waals surface area contributed by atoms with Crippen molar-refractivity contribution in [2.75, 3.05) is 21.3 Å². The van der Waals surface area contributed by atoms with Crippen molar-refractivity contribution < 1.29 is 23.4 Å². The van der Waals surface area contributed by atoms with Gasteiger partial charge in [0.05, 0.1) is 32.8 Å². The average Bonchev–Trinajstić information content (AvgIpc) is 2.65. The van der Waals surface area contributed by atoms with Gasteiger partial charge in [0, 0.05) is 17.7 Å². The molecule has 0 fully saturated rings. The molecule has 0 saturated carbocycles. The van der Waals surface area contributed by atoms with E-state index in [0.717, 1.165) is 0 Å². The Morgan fingerprint density at radius 1 is 1.07 bits per heavy atom. The number of methoxy groups -OCH3 is 3. The summed E-state index contributed by atoms with van der Waals surface area (Å²) in [5, 5.41) is 9.66. The fraction of sp³-hybridized carbons (Fsp3) is 0.263. The van der Waals surface area contributed by atoms with E-state index in [1.807, 2.05) is 6.07 Å². The molecule has 0 unspecified atom stereocenters. The maximum Gasteiger partial charge on any atom is 0.343 e. The molecule has 8 heteroatoms. The second kappa shape index (κ2) is 6.96. The fourth-order valence-electron chi connectivity index (χ4n) is 3.11. The van der Waals surface area contributed by atoms with Crippen LogP contribution in [0.1, 0.15) is 22.8 Å². The standard InChI is InChI=1S/C19H18N2O6/c1-9-5-15-17(19(22)26-9)16(11(8-20)18(21)27-15)10-6-13(24-3)14(25-4)7-12(10)23-2/h5-7,16H,21H2,1-4H3/t16-/m1/s1. The highest BCUT2D eigenvalue weighted by Gasteiger charge is 2.36. The number of fused-ring (bicyclic) bond motifs is 1. The topological polar surface area (TPSA) is 117 Å². The molecular weight excluding hydrogens is 352 g/mol. The third kappa shape index (κ3) is 2.93. The number of rotatable bonds is 4. The Hall–Kier alpha value is -3.60. The molecule has 2 heterocycles. The van der Waals surface area contributed by atoms with E-state index in [0.29, 0.717) is 28.6 Å². The third-order valence-corrected chi connectivity index (χ3v) is 4.30. The molecule has 8 nitrogen and oxygen atoms in total. The number of aryl methyl sites for hydroxylation is 1. The van der Waals surface area contributed by atoms with Gasteiger partial charge < -0.3 is 29.1 Å². The van der Waals surface area contributed by atoms with Crippen LogP contribution in [0.15, 0.2) is 38.9 Å². The van der Waals surface area contributed by atoms with Gasteiger partial charge in [0.2, 0.25) is 5.88 Å². The molecule has 1 atom stereocenters. The van der Waals surface area contributed by atoms with Gasteiger partial charge in [-0.15, -0.1) is 0 Å². The maximum absolute atomic E-state index is 12.6. The van der Waals surface area contributed by atoms with Crippen molar-refractivity contribution in [2.45, 2.75) is 12.8 Å². The van der Waals surface area contributed by atoms with Gasteiger partial charge in [0.15, 0.2) is 11.5 Å². The van der Waals surface area contributed by atoms with Gasteiger partial charge in [-0.05, 0) is 13.0 Å². The number of hydrogen-bond acceptors (Lipinski definition) is 8. The maximum atomic E-state index is 12.6. The van der Waals surface area contributed by atoms with Crippen LogP contribution in [-0.2, 0) is 0 Å². The molecule has 1 aliphatic rings. The van der Waals surface area contributed by atoms with Crippen LogP contribution in [0.2, 0.25) is 0 Å². The van der Waals surface area contributed by atoms with Crippen LogP contribution in [0.25, 0.3) is 0 Å². The molecule has 1 aromatic carbocycles. The van der Waals surface area contributed by atoms with Crippen LogP contribution in [0.4, 0.5) is 0 Å². The first-order valence-electron chi connectivity index (χ1n) is 7.97. The lowest BCUT2D eigenvalue weighted by Gasteiger charge is -2.26. The predicted octanol–water partition coefficient (Wildman–Crippen LogP) is 2.19. The molecule has 0 radical (unpaired) electrons. The molecular formula is C19H18N2O6. The summed E-state index contributed by atoms with van der Waals surface area (Å²) in [6, 6.07) is 6.83. The predicted molar refractivity (Wildman–Crippen MR) is 95.1 cm³/mol. The number of nitriles is 1. The van der Waals surface area contributed by atoms with Crippen molar-refractivity contribution >= 4 is 0 Å². The summed E-state index contributed by atoms with van der Waals surface area (Å²) in [6.45, 7) is 1.62. The van der Waals surface area contributed by atoms with E-state index in [-0.39, 0.29) is 22.8 Å². The number of allylic oxidation sites excluding steroid dienone is 1. The van der Waals surface area contributed by atoms with Gasteiger partial charge in [-0.25, -0.2) is 4.79 Å². The van der Waals surface area contributed by atoms with E-state index in [1.54, 1.807) is 25.1 Å². The zero-order valence-corrected chi connectivity index (χ0v) is 15.3. The molecule has 27 heavy (non-hydrogen) atoms. The summed E-state index contributed by atoms with van der Waals surface area (Å²) >= 11 is 0. The molecule has 0 amide bonds. The third-order valence-electron chi connectivity index (χ3n) is 4.30.